The zero-order valence-corrected chi connectivity index (χ0v) is 19.0. The first-order chi connectivity index (χ1) is 14.9. The predicted molar refractivity (Wildman–Crippen MR) is 127 cm³/mol. The second kappa shape index (κ2) is 10.1. The number of nitrogens with one attached hydrogen (secondary N) is 2. The lowest BCUT2D eigenvalue weighted by atomic mass is 10.1. The molecular weight excluding hydrogens is 386 g/mol. The van der Waals surface area contributed by atoms with Crippen molar-refractivity contribution in [2.24, 2.45) is 4.99 Å². The summed E-state index contributed by atoms with van der Waals surface area (Å²) < 4.78 is 1.95. The molecular formula is C25H31N5O. The van der Waals surface area contributed by atoms with Crippen molar-refractivity contribution in [2.75, 3.05) is 5.32 Å². The van der Waals surface area contributed by atoms with Crippen LogP contribution in [0.3, 0.4) is 0 Å². The fourth-order valence-electron chi connectivity index (χ4n) is 3.38. The van der Waals surface area contributed by atoms with Crippen molar-refractivity contribution in [2.45, 2.75) is 54.1 Å². The minimum Gasteiger partial charge on any atom is -0.326 e. The molecule has 6 nitrogen and oxygen atoms in total. The van der Waals surface area contributed by atoms with Crippen molar-refractivity contribution in [3.63, 3.8) is 0 Å². The molecule has 0 aliphatic heterocycles. The average molecular weight is 418 g/mol. The van der Waals surface area contributed by atoms with E-state index < -0.39 is 0 Å². The molecule has 1 amide bonds. The second-order valence-electron chi connectivity index (χ2n) is 7.93. The van der Waals surface area contributed by atoms with Gasteiger partial charge in [-0.05, 0) is 57.9 Å². The van der Waals surface area contributed by atoms with E-state index in [0.29, 0.717) is 18.1 Å². The number of aliphatic imine (C=N–C) groups is 1. The molecule has 162 valence electrons. The topological polar surface area (TPSA) is 71.3 Å². The highest BCUT2D eigenvalue weighted by atomic mass is 16.1. The van der Waals surface area contributed by atoms with Gasteiger partial charge in [0.1, 0.15) is 0 Å². The van der Waals surface area contributed by atoms with Gasteiger partial charge in [-0.2, -0.15) is 5.10 Å². The zero-order valence-electron chi connectivity index (χ0n) is 19.0. The van der Waals surface area contributed by atoms with Gasteiger partial charge in [0.2, 0.25) is 5.96 Å². The van der Waals surface area contributed by atoms with Crippen molar-refractivity contribution in [3.8, 4) is 0 Å². The summed E-state index contributed by atoms with van der Waals surface area (Å²) in [4.78, 5) is 17.6. The van der Waals surface area contributed by atoms with Gasteiger partial charge in [-0.3, -0.25) is 14.8 Å². The van der Waals surface area contributed by atoms with Crippen LogP contribution in [-0.2, 0) is 13.1 Å². The molecule has 31 heavy (non-hydrogen) atoms. The van der Waals surface area contributed by atoms with Crippen molar-refractivity contribution in [1.82, 2.24) is 15.1 Å². The maximum Gasteiger partial charge on any atom is 0.257 e. The van der Waals surface area contributed by atoms with Gasteiger partial charge in [0.15, 0.2) is 0 Å². The number of hydrogen-bond donors (Lipinski definition) is 2. The molecule has 2 N–H and O–H groups in total. The lowest BCUT2D eigenvalue weighted by molar-refractivity contribution is 0.0977. The highest BCUT2D eigenvalue weighted by Gasteiger charge is 2.12. The van der Waals surface area contributed by atoms with E-state index in [0.717, 1.165) is 41.0 Å². The van der Waals surface area contributed by atoms with Gasteiger partial charge in [0.25, 0.3) is 5.91 Å². The van der Waals surface area contributed by atoms with E-state index in [1.165, 1.54) is 5.56 Å². The average Bonchev–Trinajstić information content (AvgIpc) is 3.07. The molecule has 3 aromatic rings. The summed E-state index contributed by atoms with van der Waals surface area (Å²) in [6.45, 7) is 11.5. The third kappa shape index (κ3) is 6.04. The molecule has 0 spiro atoms. The second-order valence-corrected chi connectivity index (χ2v) is 7.93. The number of carbonyl (C=O) groups is 1. The highest BCUT2D eigenvalue weighted by Crippen LogP contribution is 2.16. The Morgan fingerprint density at radius 3 is 2.55 bits per heavy atom. The molecule has 0 fully saturated rings. The molecule has 0 radical (unpaired) electrons. The summed E-state index contributed by atoms with van der Waals surface area (Å²) in [5.41, 5.74) is 6.81. The van der Waals surface area contributed by atoms with E-state index in [1.807, 2.05) is 62.0 Å². The van der Waals surface area contributed by atoms with E-state index in [9.17, 15) is 4.79 Å². The smallest absolute Gasteiger partial charge is 0.257 e. The minimum atomic E-state index is -0.196. The first kappa shape index (κ1) is 22.3. The highest BCUT2D eigenvalue weighted by molar-refractivity contribution is 6.10. The van der Waals surface area contributed by atoms with E-state index in [2.05, 4.69) is 35.6 Å². The standard InChI is InChI=1S/C25H31N5O/c1-6-12-30-16-22(20(5)29-30)15-26-25(27-23-11-10-18(3)13-19(23)4)28-24(31)21-9-7-8-17(2)14-21/h7-11,13-14,16H,6,12,15H2,1-5H3,(H2,26,27,28,31). The number of nitrogens with zero attached hydrogens (tertiary/aromatic N) is 3. The van der Waals surface area contributed by atoms with Crippen LogP contribution in [0.5, 0.6) is 0 Å². The number of aromatic nitrogens is 2. The number of guanidine groups is 1. The van der Waals surface area contributed by atoms with Crippen LogP contribution >= 0.6 is 0 Å². The predicted octanol–water partition coefficient (Wildman–Crippen LogP) is 4.92. The Hall–Kier alpha value is -3.41. The summed E-state index contributed by atoms with van der Waals surface area (Å²) in [5, 5.41) is 10.8. The molecule has 0 saturated heterocycles. The Labute approximate surface area is 184 Å². The molecule has 0 aliphatic rings. The fourth-order valence-corrected chi connectivity index (χ4v) is 3.38. The van der Waals surface area contributed by atoms with Crippen LogP contribution in [0.4, 0.5) is 5.69 Å². The first-order valence-electron chi connectivity index (χ1n) is 10.7. The molecule has 0 bridgehead atoms. The largest absolute Gasteiger partial charge is 0.326 e. The summed E-state index contributed by atoms with van der Waals surface area (Å²) in [6.07, 6.45) is 3.05. The quantitative estimate of drug-likeness (QED) is 0.441. The normalized spacial score (nSPS) is 11.5. The zero-order chi connectivity index (χ0) is 22.4. The summed E-state index contributed by atoms with van der Waals surface area (Å²) in [5.74, 6) is 0.221. The van der Waals surface area contributed by atoms with Gasteiger partial charge < -0.3 is 5.32 Å². The monoisotopic (exact) mass is 417 g/mol. The molecule has 0 saturated carbocycles. The molecule has 3 rings (SSSR count). The van der Waals surface area contributed by atoms with Gasteiger partial charge in [-0.1, -0.05) is 42.3 Å². The number of hydrogen-bond acceptors (Lipinski definition) is 3. The molecule has 2 aromatic carbocycles. The fraction of sp³-hybridized carbons (Fsp3) is 0.320. The maximum atomic E-state index is 12.9. The molecule has 1 aromatic heterocycles. The molecule has 1 heterocycles. The van der Waals surface area contributed by atoms with E-state index in [4.69, 9.17) is 4.99 Å². The molecule has 0 unspecified atom stereocenters. The summed E-state index contributed by atoms with van der Waals surface area (Å²) in [7, 11) is 0. The number of benzene rings is 2. The number of amides is 1. The lowest BCUT2D eigenvalue weighted by Gasteiger charge is -2.14. The van der Waals surface area contributed by atoms with Crippen LogP contribution in [0.2, 0.25) is 0 Å². The molecule has 0 aliphatic carbocycles. The van der Waals surface area contributed by atoms with Crippen LogP contribution in [-0.4, -0.2) is 21.6 Å². The van der Waals surface area contributed by atoms with Crippen LogP contribution in [0.15, 0.2) is 53.7 Å². The summed E-state index contributed by atoms with van der Waals surface area (Å²) >= 11 is 0. The number of rotatable bonds is 6. The van der Waals surface area contributed by atoms with Crippen LogP contribution in [0.25, 0.3) is 0 Å². The van der Waals surface area contributed by atoms with Gasteiger partial charge in [0.05, 0.1) is 12.2 Å². The van der Waals surface area contributed by atoms with Crippen molar-refractivity contribution >= 4 is 17.6 Å². The van der Waals surface area contributed by atoms with E-state index in [1.54, 1.807) is 6.07 Å². The van der Waals surface area contributed by atoms with Crippen LogP contribution in [0.1, 0.15) is 51.7 Å². The number of carbonyl (C=O) groups excluding carboxylic acids is 1. The Morgan fingerprint density at radius 1 is 1.06 bits per heavy atom. The van der Waals surface area contributed by atoms with Crippen molar-refractivity contribution < 1.29 is 4.79 Å². The molecule has 0 atom stereocenters. The minimum absolute atomic E-state index is 0.196. The summed E-state index contributed by atoms with van der Waals surface area (Å²) in [6, 6.07) is 13.7. The van der Waals surface area contributed by atoms with Crippen LogP contribution < -0.4 is 10.6 Å². The van der Waals surface area contributed by atoms with Gasteiger partial charge in [-0.15, -0.1) is 0 Å². The Bertz CT molecular complexity index is 1100. The third-order valence-electron chi connectivity index (χ3n) is 5.06. The van der Waals surface area contributed by atoms with E-state index >= 15 is 0 Å². The Morgan fingerprint density at radius 2 is 1.84 bits per heavy atom. The Balaban J connectivity index is 1.85. The van der Waals surface area contributed by atoms with E-state index in [-0.39, 0.29) is 5.91 Å². The van der Waals surface area contributed by atoms with Crippen molar-refractivity contribution in [3.05, 3.63) is 82.2 Å². The maximum absolute atomic E-state index is 12.9. The van der Waals surface area contributed by atoms with Gasteiger partial charge in [0, 0.05) is 29.6 Å². The van der Waals surface area contributed by atoms with Gasteiger partial charge >= 0.3 is 0 Å². The van der Waals surface area contributed by atoms with Crippen molar-refractivity contribution in [1.29, 1.82) is 0 Å². The first-order valence-corrected chi connectivity index (χ1v) is 10.7. The molecule has 6 heteroatoms. The number of aryl methyl sites for hydroxylation is 5. The SMILES string of the molecule is CCCn1cc(CN=C(NC(=O)c2cccc(C)c2)Nc2ccc(C)cc2C)c(C)n1. The number of anilines is 1. The lowest BCUT2D eigenvalue weighted by Crippen LogP contribution is -2.36. The van der Waals surface area contributed by atoms with Gasteiger partial charge in [-0.25, -0.2) is 4.99 Å². The van der Waals surface area contributed by atoms with Crippen LogP contribution in [0, 0.1) is 27.7 Å². The third-order valence-corrected chi connectivity index (χ3v) is 5.06. The Kier molecular flexibility index (Phi) is 7.23.